The number of hydrogen-bond acceptors (Lipinski definition) is 7. The van der Waals surface area contributed by atoms with Crippen molar-refractivity contribution in [3.63, 3.8) is 0 Å². The number of nitrogens with one attached hydrogen (secondary N) is 2. The Bertz CT molecular complexity index is 1400. The number of aromatic nitrogens is 4. The van der Waals surface area contributed by atoms with Crippen LogP contribution >= 0.6 is 0 Å². The van der Waals surface area contributed by atoms with Crippen LogP contribution in [0.2, 0.25) is 0 Å². The molecule has 1 saturated heterocycles. The number of aromatic amines is 1. The minimum atomic E-state index is -2.62. The summed E-state index contributed by atoms with van der Waals surface area (Å²) in [6, 6.07) is 11.2. The van der Waals surface area contributed by atoms with Crippen LogP contribution in [0.5, 0.6) is 0 Å². The number of pyridine rings is 2. The number of halogens is 2. The smallest absolute Gasteiger partial charge is 0.276 e. The lowest BCUT2D eigenvalue weighted by Gasteiger charge is -2.15. The Kier molecular flexibility index (Phi) is 12.3. The highest BCUT2D eigenvalue weighted by Crippen LogP contribution is 2.29. The number of benzene rings is 1. The van der Waals surface area contributed by atoms with Gasteiger partial charge in [0.1, 0.15) is 13.6 Å². The van der Waals surface area contributed by atoms with E-state index in [4.69, 9.17) is 9.59 Å². The molecule has 2 N–H and O–H groups in total. The van der Waals surface area contributed by atoms with Crippen molar-refractivity contribution in [3.05, 3.63) is 71.9 Å². The molecule has 1 amide bonds. The number of carbonyl (C=O) groups is 3. The molecule has 3 aromatic heterocycles. The van der Waals surface area contributed by atoms with Crippen LogP contribution in [0.15, 0.2) is 55.0 Å². The van der Waals surface area contributed by atoms with Gasteiger partial charge in [-0.2, -0.15) is 5.10 Å². The van der Waals surface area contributed by atoms with Crippen LogP contribution in [-0.4, -0.2) is 63.6 Å². The van der Waals surface area contributed by atoms with Crippen molar-refractivity contribution in [1.82, 2.24) is 25.1 Å². The monoisotopic (exact) mass is 566 g/mol. The summed E-state index contributed by atoms with van der Waals surface area (Å²) in [4.78, 5) is 39.1. The minimum absolute atomic E-state index is 0.110. The Hall–Kier alpha value is -4.38. The van der Waals surface area contributed by atoms with Gasteiger partial charge in [0.25, 0.3) is 11.8 Å². The molecule has 0 bridgehead atoms. The number of alkyl halides is 2. The zero-order valence-electron chi connectivity index (χ0n) is 23.8. The van der Waals surface area contributed by atoms with Crippen LogP contribution in [0.25, 0.3) is 22.0 Å². The molecule has 1 aromatic carbocycles. The van der Waals surface area contributed by atoms with Crippen molar-refractivity contribution in [3.8, 4) is 11.1 Å². The topological polar surface area (TPSA) is 121 Å². The second-order valence-corrected chi connectivity index (χ2v) is 10.1. The van der Waals surface area contributed by atoms with Gasteiger partial charge in [0.2, 0.25) is 0 Å². The molecule has 0 atom stereocenters. The van der Waals surface area contributed by atoms with E-state index in [9.17, 15) is 13.6 Å². The van der Waals surface area contributed by atoms with Crippen LogP contribution < -0.4 is 5.32 Å². The molecule has 9 nitrogen and oxygen atoms in total. The third kappa shape index (κ3) is 9.64. The van der Waals surface area contributed by atoms with Crippen molar-refractivity contribution in [1.29, 1.82) is 0 Å². The number of hydrogen-bond donors (Lipinski definition) is 2. The zero-order chi connectivity index (χ0) is 30.6. The van der Waals surface area contributed by atoms with Crippen molar-refractivity contribution >= 4 is 36.1 Å². The number of fused-ring (bicyclic) bond motifs is 1. The fourth-order valence-electron chi connectivity index (χ4n) is 4.03. The quantitative estimate of drug-likeness (QED) is 0.317. The molecule has 0 spiro atoms. The van der Waals surface area contributed by atoms with E-state index in [1.54, 1.807) is 29.6 Å². The second-order valence-electron chi connectivity index (χ2n) is 10.1. The average Bonchev–Trinajstić information content (AvgIpc) is 3.54. The van der Waals surface area contributed by atoms with E-state index in [0.717, 1.165) is 33.8 Å². The number of amides is 1. The van der Waals surface area contributed by atoms with Gasteiger partial charge in [0, 0.05) is 48.5 Å². The number of H-pyrrole nitrogens is 1. The Labute approximate surface area is 238 Å². The lowest BCUT2D eigenvalue weighted by atomic mass is 10.0. The summed E-state index contributed by atoms with van der Waals surface area (Å²) < 4.78 is 27.0. The van der Waals surface area contributed by atoms with Gasteiger partial charge in [-0.3, -0.25) is 24.8 Å². The predicted octanol–water partition coefficient (Wildman–Crippen LogP) is 5.71. The van der Waals surface area contributed by atoms with Crippen LogP contribution in [0, 0.1) is 12.8 Å². The first-order valence-electron chi connectivity index (χ1n) is 12.9. The van der Waals surface area contributed by atoms with E-state index in [0.29, 0.717) is 24.2 Å². The normalized spacial score (nSPS) is 13.7. The van der Waals surface area contributed by atoms with Crippen LogP contribution in [0.3, 0.4) is 0 Å². The fraction of sp³-hybridized carbons (Fsp3) is 0.333. The molecule has 4 aromatic rings. The molecule has 1 fully saturated rings. The summed E-state index contributed by atoms with van der Waals surface area (Å²) in [6.45, 7) is 12.9. The molecule has 4 heterocycles. The molecular formula is C30H36F2N6O3. The molecule has 41 heavy (non-hydrogen) atoms. The average molecular weight is 567 g/mol. The summed E-state index contributed by atoms with van der Waals surface area (Å²) in [7, 11) is 0. The van der Waals surface area contributed by atoms with Crippen LogP contribution in [-0.2, 0) is 16.1 Å². The van der Waals surface area contributed by atoms with Gasteiger partial charge in [0.15, 0.2) is 5.69 Å². The number of likely N-dealkylation sites (tertiary alicyclic amines) is 1. The SMILES string of the molecule is C=O.C=O.CC(C)C.Cc1ccc(NC(=O)c2n[nH]c3ccc(-c4cncc(CN5CCC(F)(F)C5)c4)cc23)cn1. The largest absolute Gasteiger partial charge is 0.319 e. The molecule has 0 aliphatic carbocycles. The molecule has 1 aliphatic heterocycles. The molecular weight excluding hydrogens is 530 g/mol. The predicted molar refractivity (Wildman–Crippen MR) is 156 cm³/mol. The van der Waals surface area contributed by atoms with Gasteiger partial charge in [0.05, 0.1) is 23.9 Å². The first-order chi connectivity index (χ1) is 19.6. The van der Waals surface area contributed by atoms with Gasteiger partial charge in [-0.05, 0) is 54.3 Å². The molecule has 0 unspecified atom stereocenters. The van der Waals surface area contributed by atoms with Crippen molar-refractivity contribution in [2.24, 2.45) is 5.92 Å². The lowest BCUT2D eigenvalue weighted by molar-refractivity contribution is -0.0987. The Morgan fingerprint density at radius 2 is 1.76 bits per heavy atom. The first kappa shape index (κ1) is 32.8. The second kappa shape index (κ2) is 15.4. The van der Waals surface area contributed by atoms with Crippen molar-refractivity contribution < 1.29 is 23.2 Å². The first-order valence-corrected chi connectivity index (χ1v) is 12.9. The maximum absolute atomic E-state index is 13.5. The number of rotatable bonds is 5. The molecule has 5 rings (SSSR count). The summed E-state index contributed by atoms with van der Waals surface area (Å²) >= 11 is 0. The highest BCUT2D eigenvalue weighted by molar-refractivity contribution is 6.11. The summed E-state index contributed by atoms with van der Waals surface area (Å²) in [5.41, 5.74) is 5.01. The summed E-state index contributed by atoms with van der Waals surface area (Å²) in [5, 5.41) is 10.6. The summed E-state index contributed by atoms with van der Waals surface area (Å²) in [5.74, 6) is -2.13. The third-order valence-electron chi connectivity index (χ3n) is 5.73. The number of anilines is 1. The van der Waals surface area contributed by atoms with Gasteiger partial charge >= 0.3 is 0 Å². The molecule has 1 aliphatic rings. The maximum Gasteiger partial charge on any atom is 0.276 e. The minimum Gasteiger partial charge on any atom is -0.319 e. The Morgan fingerprint density at radius 3 is 2.37 bits per heavy atom. The maximum atomic E-state index is 13.5. The molecule has 11 heteroatoms. The number of nitrogens with zero attached hydrogens (tertiary/aromatic N) is 4. The van der Waals surface area contributed by atoms with E-state index >= 15 is 0 Å². The fourth-order valence-corrected chi connectivity index (χ4v) is 4.03. The van der Waals surface area contributed by atoms with E-state index in [1.807, 2.05) is 50.8 Å². The Morgan fingerprint density at radius 1 is 1.05 bits per heavy atom. The van der Waals surface area contributed by atoms with Crippen molar-refractivity contribution in [2.45, 2.75) is 46.6 Å². The van der Waals surface area contributed by atoms with Gasteiger partial charge in [-0.15, -0.1) is 0 Å². The number of carbonyl (C=O) groups excluding carboxylic acids is 3. The van der Waals surface area contributed by atoms with E-state index in [-0.39, 0.29) is 24.6 Å². The van der Waals surface area contributed by atoms with Crippen LogP contribution in [0.1, 0.15) is 48.9 Å². The van der Waals surface area contributed by atoms with Gasteiger partial charge < -0.3 is 14.9 Å². The van der Waals surface area contributed by atoms with Crippen molar-refractivity contribution in [2.75, 3.05) is 18.4 Å². The van der Waals surface area contributed by atoms with E-state index in [1.165, 1.54) is 0 Å². The van der Waals surface area contributed by atoms with E-state index in [2.05, 4.69) is 46.3 Å². The molecule has 218 valence electrons. The van der Waals surface area contributed by atoms with Crippen LogP contribution in [0.4, 0.5) is 14.5 Å². The standard InChI is InChI=1S/C24H22F2N6O.C4H10.2CH2O/c1-15-2-4-19(12-28-15)29-23(33)22-20-9-17(3-5-21(20)30-31-22)18-8-16(10-27-11-18)13-32-7-6-24(25,26)14-32;1-4(2)3;2*1-2/h2-5,8-12H,6-7,13-14H2,1H3,(H,29,33)(H,30,31);4H,1-3H3;2*1H2. The molecule has 0 saturated carbocycles. The van der Waals surface area contributed by atoms with Gasteiger partial charge in [-0.25, -0.2) is 8.78 Å². The lowest BCUT2D eigenvalue weighted by Crippen LogP contribution is -2.24. The number of aryl methyl sites for hydroxylation is 1. The third-order valence-corrected chi connectivity index (χ3v) is 5.73. The zero-order valence-corrected chi connectivity index (χ0v) is 23.8. The Balaban J connectivity index is 0.000000666. The van der Waals surface area contributed by atoms with Gasteiger partial charge in [-0.1, -0.05) is 26.8 Å². The van der Waals surface area contributed by atoms with E-state index < -0.39 is 5.92 Å². The highest BCUT2D eigenvalue weighted by atomic mass is 19.3. The molecule has 0 radical (unpaired) electrons. The highest BCUT2D eigenvalue weighted by Gasteiger charge is 2.37. The summed E-state index contributed by atoms with van der Waals surface area (Å²) in [6.07, 6.45) is 4.91.